The van der Waals surface area contributed by atoms with Crippen molar-refractivity contribution in [2.75, 3.05) is 5.43 Å². The lowest BCUT2D eigenvalue weighted by molar-refractivity contribution is 0.568. The van der Waals surface area contributed by atoms with E-state index in [4.69, 9.17) is 16.6 Å². The number of benzene rings is 3. The highest BCUT2D eigenvalue weighted by molar-refractivity contribution is 6.31. The lowest BCUT2D eigenvalue weighted by Gasteiger charge is -2.25. The second kappa shape index (κ2) is 9.19. The van der Waals surface area contributed by atoms with Crippen molar-refractivity contribution in [3.05, 3.63) is 88.4 Å². The van der Waals surface area contributed by atoms with Gasteiger partial charge in [0.05, 0.1) is 17.4 Å². The number of aromatic nitrogens is 2. The quantitative estimate of drug-likeness (QED) is 0.243. The number of hydrogen-bond donors (Lipinski definition) is 1. The highest BCUT2D eigenvalue weighted by atomic mass is 35.5. The van der Waals surface area contributed by atoms with Crippen LogP contribution in [-0.2, 0) is 10.8 Å². The number of fused-ring (bicyclic) bond motifs is 1. The zero-order chi connectivity index (χ0) is 24.5. The van der Waals surface area contributed by atoms with Crippen molar-refractivity contribution in [1.29, 1.82) is 0 Å². The summed E-state index contributed by atoms with van der Waals surface area (Å²) in [5, 5.41) is 6.06. The number of nitrogens with one attached hydrogen (secondary N) is 1. The summed E-state index contributed by atoms with van der Waals surface area (Å²) < 4.78 is 0. The smallest absolute Gasteiger partial charge is 0.244 e. The van der Waals surface area contributed by atoms with Crippen LogP contribution in [-0.4, -0.2) is 16.2 Å². The predicted octanol–water partition coefficient (Wildman–Crippen LogP) is 7.99. The third-order valence-corrected chi connectivity index (χ3v) is 6.01. The second-order valence-corrected chi connectivity index (χ2v) is 11.1. The predicted molar refractivity (Wildman–Crippen MR) is 145 cm³/mol. The Morgan fingerprint density at radius 1 is 0.794 bits per heavy atom. The maximum Gasteiger partial charge on any atom is 0.244 e. The van der Waals surface area contributed by atoms with E-state index < -0.39 is 0 Å². The Morgan fingerprint density at radius 2 is 1.44 bits per heavy atom. The zero-order valence-electron chi connectivity index (χ0n) is 20.6. The standard InChI is InChI=1S/C29H31ClN4/c1-28(2,3)21-14-19(15-22(16-21)29(4,5)6)18-31-34-27-32-25-17-23(30)12-13-24(25)26(33-27)20-10-8-7-9-11-20/h7-18H,1-6H3,(H,32,33,34). The number of hydrazone groups is 1. The molecule has 0 spiro atoms. The molecule has 0 saturated carbocycles. The van der Waals surface area contributed by atoms with E-state index in [-0.39, 0.29) is 10.8 Å². The topological polar surface area (TPSA) is 50.2 Å². The Balaban J connectivity index is 1.71. The van der Waals surface area contributed by atoms with E-state index in [0.29, 0.717) is 11.0 Å². The van der Waals surface area contributed by atoms with Crippen molar-refractivity contribution in [1.82, 2.24) is 9.97 Å². The van der Waals surface area contributed by atoms with Gasteiger partial charge in [0.1, 0.15) is 0 Å². The summed E-state index contributed by atoms with van der Waals surface area (Å²) in [4.78, 5) is 9.41. The lowest BCUT2D eigenvalue weighted by atomic mass is 9.80. The highest BCUT2D eigenvalue weighted by Gasteiger charge is 2.20. The minimum atomic E-state index is 0.0442. The molecule has 0 amide bonds. The highest BCUT2D eigenvalue weighted by Crippen LogP contribution is 2.31. The fraction of sp³-hybridized carbons (Fsp3) is 0.276. The lowest BCUT2D eigenvalue weighted by Crippen LogP contribution is -2.17. The van der Waals surface area contributed by atoms with Gasteiger partial charge in [-0.05, 0) is 57.9 Å². The van der Waals surface area contributed by atoms with Gasteiger partial charge in [0.15, 0.2) is 0 Å². The van der Waals surface area contributed by atoms with Crippen molar-refractivity contribution in [2.45, 2.75) is 52.4 Å². The Bertz CT molecular complexity index is 1310. The van der Waals surface area contributed by atoms with Gasteiger partial charge in [-0.2, -0.15) is 5.10 Å². The summed E-state index contributed by atoms with van der Waals surface area (Å²) in [6.45, 7) is 13.4. The molecule has 5 heteroatoms. The van der Waals surface area contributed by atoms with Gasteiger partial charge < -0.3 is 0 Å². The fourth-order valence-electron chi connectivity index (χ4n) is 3.73. The summed E-state index contributed by atoms with van der Waals surface area (Å²) in [5.74, 6) is 0.424. The minimum Gasteiger partial charge on any atom is -0.245 e. The summed E-state index contributed by atoms with van der Waals surface area (Å²) in [6.07, 6.45) is 1.83. The molecule has 34 heavy (non-hydrogen) atoms. The largest absolute Gasteiger partial charge is 0.245 e. The maximum atomic E-state index is 6.25. The van der Waals surface area contributed by atoms with Crippen LogP contribution in [0.4, 0.5) is 5.95 Å². The van der Waals surface area contributed by atoms with Gasteiger partial charge in [-0.25, -0.2) is 15.4 Å². The van der Waals surface area contributed by atoms with Gasteiger partial charge in [0.25, 0.3) is 0 Å². The molecule has 0 fully saturated rings. The van der Waals surface area contributed by atoms with E-state index in [9.17, 15) is 0 Å². The van der Waals surface area contributed by atoms with Crippen molar-refractivity contribution < 1.29 is 0 Å². The van der Waals surface area contributed by atoms with E-state index in [1.165, 1.54) is 11.1 Å². The molecule has 1 N–H and O–H groups in total. The molecule has 174 valence electrons. The second-order valence-electron chi connectivity index (χ2n) is 10.6. The first-order valence-electron chi connectivity index (χ1n) is 11.5. The summed E-state index contributed by atoms with van der Waals surface area (Å²) >= 11 is 6.25. The van der Waals surface area contributed by atoms with Crippen LogP contribution in [0.1, 0.15) is 58.2 Å². The summed E-state index contributed by atoms with van der Waals surface area (Å²) in [5.41, 5.74) is 9.34. The van der Waals surface area contributed by atoms with E-state index in [1.54, 1.807) is 0 Å². The molecule has 1 heterocycles. The summed E-state index contributed by atoms with van der Waals surface area (Å²) in [7, 11) is 0. The normalized spacial score (nSPS) is 12.4. The van der Waals surface area contributed by atoms with Crippen molar-refractivity contribution in [2.24, 2.45) is 5.10 Å². The van der Waals surface area contributed by atoms with Crippen molar-refractivity contribution in [3.8, 4) is 11.3 Å². The first-order valence-corrected chi connectivity index (χ1v) is 11.9. The molecule has 4 nitrogen and oxygen atoms in total. The molecule has 0 aliphatic carbocycles. The third-order valence-electron chi connectivity index (χ3n) is 5.77. The number of rotatable bonds is 4. The molecule has 0 radical (unpaired) electrons. The first kappa shape index (κ1) is 23.9. The minimum absolute atomic E-state index is 0.0442. The van der Waals surface area contributed by atoms with Crippen LogP contribution in [0.3, 0.4) is 0 Å². The molecule has 0 atom stereocenters. The van der Waals surface area contributed by atoms with Crippen molar-refractivity contribution in [3.63, 3.8) is 0 Å². The Hall–Kier alpha value is -3.24. The SMILES string of the molecule is CC(C)(C)c1cc(C=NNc2nc(-c3ccccc3)c3ccc(Cl)cc3n2)cc(C(C)(C)C)c1. The number of nitrogens with zero attached hydrogens (tertiary/aromatic N) is 3. The van der Waals surface area contributed by atoms with Crippen LogP contribution >= 0.6 is 11.6 Å². The van der Waals surface area contributed by atoms with E-state index >= 15 is 0 Å². The molecule has 0 unspecified atom stereocenters. The Kier molecular flexibility index (Phi) is 6.46. The average molecular weight is 471 g/mol. The molecule has 0 bridgehead atoms. The third kappa shape index (κ3) is 5.45. The maximum absolute atomic E-state index is 6.25. The van der Waals surface area contributed by atoms with Gasteiger partial charge in [-0.3, -0.25) is 0 Å². The molecule has 1 aromatic heterocycles. The molecule has 4 rings (SSSR count). The fourth-order valence-corrected chi connectivity index (χ4v) is 3.89. The van der Waals surface area contributed by atoms with Crippen molar-refractivity contribution >= 4 is 34.7 Å². The van der Waals surface area contributed by atoms with E-state index in [1.807, 2.05) is 54.7 Å². The summed E-state index contributed by atoms with van der Waals surface area (Å²) in [6, 6.07) is 22.4. The molecular weight excluding hydrogens is 440 g/mol. The van der Waals surface area contributed by atoms with E-state index in [0.717, 1.165) is 27.7 Å². The Labute approximate surface area is 207 Å². The van der Waals surface area contributed by atoms with Crippen LogP contribution in [0, 0.1) is 0 Å². The van der Waals surface area contributed by atoms with Gasteiger partial charge in [-0.15, -0.1) is 0 Å². The van der Waals surface area contributed by atoms with Gasteiger partial charge in [-0.1, -0.05) is 89.5 Å². The van der Waals surface area contributed by atoms with Gasteiger partial charge in [0.2, 0.25) is 5.95 Å². The zero-order valence-corrected chi connectivity index (χ0v) is 21.4. The number of halogens is 1. The van der Waals surface area contributed by atoms with Crippen LogP contribution in [0.5, 0.6) is 0 Å². The van der Waals surface area contributed by atoms with Crippen LogP contribution < -0.4 is 5.43 Å². The van der Waals surface area contributed by atoms with E-state index in [2.05, 4.69) is 75.3 Å². The molecule has 3 aromatic carbocycles. The van der Waals surface area contributed by atoms with Gasteiger partial charge in [0, 0.05) is 16.0 Å². The average Bonchev–Trinajstić information content (AvgIpc) is 2.77. The molecular formula is C29H31ClN4. The van der Waals surface area contributed by atoms with Crippen LogP contribution in [0.2, 0.25) is 5.02 Å². The first-order chi connectivity index (χ1) is 16.0. The number of anilines is 1. The molecule has 0 saturated heterocycles. The van der Waals surface area contributed by atoms with Crippen LogP contribution in [0.25, 0.3) is 22.2 Å². The molecule has 0 aliphatic rings. The monoisotopic (exact) mass is 470 g/mol. The molecule has 0 aliphatic heterocycles. The number of hydrogen-bond acceptors (Lipinski definition) is 4. The molecule has 4 aromatic rings. The van der Waals surface area contributed by atoms with Crippen LogP contribution in [0.15, 0.2) is 71.8 Å². The Morgan fingerprint density at radius 3 is 2.06 bits per heavy atom. The van der Waals surface area contributed by atoms with Gasteiger partial charge >= 0.3 is 0 Å².